The zero-order valence-electron chi connectivity index (χ0n) is 11.0. The predicted octanol–water partition coefficient (Wildman–Crippen LogP) is 1.46. The molecule has 1 fully saturated rings. The van der Waals surface area contributed by atoms with Crippen LogP contribution in [0.4, 0.5) is 18.9 Å². The van der Waals surface area contributed by atoms with Crippen LogP contribution in [0.2, 0.25) is 0 Å². The number of nitrogens with one attached hydrogen (secondary N) is 1. The Balaban J connectivity index is 2.20. The maximum atomic E-state index is 13.5. The van der Waals surface area contributed by atoms with Crippen molar-refractivity contribution in [3.63, 3.8) is 0 Å². The van der Waals surface area contributed by atoms with Gasteiger partial charge in [0, 0.05) is 19.7 Å². The van der Waals surface area contributed by atoms with Crippen molar-refractivity contribution in [3.8, 4) is 0 Å². The van der Waals surface area contributed by atoms with Gasteiger partial charge in [0.25, 0.3) is 0 Å². The molecule has 0 amide bonds. The molecule has 0 aromatic heterocycles. The first-order valence-electron chi connectivity index (χ1n) is 6.37. The number of halogens is 3. The van der Waals surface area contributed by atoms with Gasteiger partial charge in [0.1, 0.15) is 0 Å². The highest BCUT2D eigenvalue weighted by atomic mass is 32.2. The van der Waals surface area contributed by atoms with E-state index in [0.717, 1.165) is 10.4 Å². The lowest BCUT2D eigenvalue weighted by atomic mass is 10.0. The van der Waals surface area contributed by atoms with Crippen molar-refractivity contribution in [3.05, 3.63) is 29.6 Å². The minimum atomic E-state index is -4.09. The van der Waals surface area contributed by atoms with Gasteiger partial charge in [-0.3, -0.25) is 4.72 Å². The maximum absolute atomic E-state index is 13.5. The molecule has 1 atom stereocenters. The minimum absolute atomic E-state index is 0.0944. The van der Waals surface area contributed by atoms with Crippen LogP contribution in [-0.4, -0.2) is 37.5 Å². The van der Waals surface area contributed by atoms with E-state index < -0.39 is 33.3 Å². The van der Waals surface area contributed by atoms with E-state index in [0.29, 0.717) is 18.9 Å². The fraction of sp³-hybridized carbons (Fsp3) is 0.500. The molecule has 1 unspecified atom stereocenters. The molecule has 1 aromatic carbocycles. The van der Waals surface area contributed by atoms with Crippen LogP contribution >= 0.6 is 0 Å². The lowest BCUT2D eigenvalue weighted by Gasteiger charge is -2.31. The predicted molar refractivity (Wildman–Crippen MR) is 70.2 cm³/mol. The van der Waals surface area contributed by atoms with Gasteiger partial charge in [0.2, 0.25) is 0 Å². The second-order valence-electron chi connectivity index (χ2n) is 4.88. The number of rotatable bonds is 4. The fourth-order valence-electron chi connectivity index (χ4n) is 2.20. The highest BCUT2D eigenvalue weighted by Crippen LogP contribution is 2.24. The summed E-state index contributed by atoms with van der Waals surface area (Å²) in [6.07, 6.45) is 1.26. The second-order valence-corrected chi connectivity index (χ2v) is 6.55. The first kappa shape index (κ1) is 16.1. The van der Waals surface area contributed by atoms with Gasteiger partial charge >= 0.3 is 10.2 Å². The van der Waals surface area contributed by atoms with E-state index in [9.17, 15) is 21.6 Å². The van der Waals surface area contributed by atoms with Crippen LogP contribution in [0, 0.1) is 23.4 Å². The summed E-state index contributed by atoms with van der Waals surface area (Å²) >= 11 is 0. The first-order chi connectivity index (χ1) is 9.85. The smallest absolute Gasteiger partial charge is 0.301 e. The van der Waals surface area contributed by atoms with Crippen molar-refractivity contribution in [1.29, 1.82) is 0 Å². The number of hydrogen-bond donors (Lipinski definition) is 2. The number of piperidine rings is 1. The molecule has 0 radical (unpaired) electrons. The zero-order valence-corrected chi connectivity index (χ0v) is 11.8. The summed E-state index contributed by atoms with van der Waals surface area (Å²) in [6.45, 7) is 0.166. The van der Waals surface area contributed by atoms with Crippen molar-refractivity contribution < 1.29 is 26.7 Å². The molecule has 1 aliphatic heterocycles. The first-order valence-corrected chi connectivity index (χ1v) is 7.81. The Morgan fingerprint density at radius 1 is 1.29 bits per heavy atom. The van der Waals surface area contributed by atoms with E-state index in [2.05, 4.69) is 0 Å². The number of nitrogens with zero attached hydrogens (tertiary/aromatic N) is 1. The summed E-state index contributed by atoms with van der Waals surface area (Å²) < 4.78 is 66.6. The van der Waals surface area contributed by atoms with Crippen LogP contribution < -0.4 is 4.72 Å². The van der Waals surface area contributed by atoms with E-state index >= 15 is 0 Å². The fourth-order valence-corrected chi connectivity index (χ4v) is 3.54. The van der Waals surface area contributed by atoms with Crippen molar-refractivity contribution in [2.24, 2.45) is 5.92 Å². The van der Waals surface area contributed by atoms with E-state index in [-0.39, 0.29) is 25.6 Å². The molecule has 21 heavy (non-hydrogen) atoms. The molecule has 2 rings (SSSR count). The summed E-state index contributed by atoms with van der Waals surface area (Å²) in [6, 6.07) is 1.46. The van der Waals surface area contributed by atoms with Gasteiger partial charge in [-0.05, 0) is 30.9 Å². The Morgan fingerprint density at radius 2 is 2.00 bits per heavy atom. The topological polar surface area (TPSA) is 69.6 Å². The largest absolute Gasteiger partial charge is 0.396 e. The highest BCUT2D eigenvalue weighted by molar-refractivity contribution is 7.90. The molecule has 1 heterocycles. The summed E-state index contributed by atoms with van der Waals surface area (Å²) in [7, 11) is -4.09. The third-order valence-electron chi connectivity index (χ3n) is 3.35. The standard InChI is InChI=1S/C12H15F3N2O3S/c13-9-3-4-10(12(15)11(9)14)16-21(19,20)17-5-1-2-8(6-17)7-18/h3-4,8,16,18H,1-2,5-7H2. The average molecular weight is 324 g/mol. The van der Waals surface area contributed by atoms with Gasteiger partial charge in [0.05, 0.1) is 5.69 Å². The normalized spacial score (nSPS) is 20.5. The Bertz CT molecular complexity index is 624. The van der Waals surface area contributed by atoms with Crippen molar-refractivity contribution >= 4 is 15.9 Å². The molecule has 1 saturated heterocycles. The quantitative estimate of drug-likeness (QED) is 0.824. The Labute approximate surface area is 120 Å². The maximum Gasteiger partial charge on any atom is 0.301 e. The lowest BCUT2D eigenvalue weighted by Crippen LogP contribution is -2.43. The van der Waals surface area contributed by atoms with Crippen LogP contribution in [0.25, 0.3) is 0 Å². The van der Waals surface area contributed by atoms with Crippen LogP contribution in [-0.2, 0) is 10.2 Å². The van der Waals surface area contributed by atoms with Gasteiger partial charge in [-0.1, -0.05) is 0 Å². The molecule has 1 aliphatic rings. The number of hydrogen-bond acceptors (Lipinski definition) is 3. The molecule has 2 N–H and O–H groups in total. The molecule has 5 nitrogen and oxygen atoms in total. The molecule has 1 aromatic rings. The molecule has 0 aliphatic carbocycles. The van der Waals surface area contributed by atoms with E-state index in [1.165, 1.54) is 0 Å². The molecular weight excluding hydrogens is 309 g/mol. The molecule has 0 spiro atoms. The van der Waals surface area contributed by atoms with E-state index in [1.807, 2.05) is 4.72 Å². The van der Waals surface area contributed by atoms with Crippen LogP contribution in [0.15, 0.2) is 12.1 Å². The zero-order chi connectivity index (χ0) is 15.6. The SMILES string of the molecule is O=S(=O)(Nc1ccc(F)c(F)c1F)N1CCCC(CO)C1. The van der Waals surface area contributed by atoms with Crippen LogP contribution in [0.3, 0.4) is 0 Å². The van der Waals surface area contributed by atoms with E-state index in [4.69, 9.17) is 5.11 Å². The Morgan fingerprint density at radius 3 is 2.67 bits per heavy atom. The molecule has 118 valence electrons. The number of aliphatic hydroxyl groups is 1. The monoisotopic (exact) mass is 324 g/mol. The second kappa shape index (κ2) is 6.20. The molecule has 0 saturated carbocycles. The summed E-state index contributed by atoms with van der Waals surface area (Å²) in [5.41, 5.74) is -0.653. The number of anilines is 1. The van der Waals surface area contributed by atoms with Gasteiger partial charge in [0.15, 0.2) is 17.5 Å². The molecular formula is C12H15F3N2O3S. The Kier molecular flexibility index (Phi) is 4.74. The minimum Gasteiger partial charge on any atom is -0.396 e. The summed E-state index contributed by atoms with van der Waals surface area (Å²) in [5, 5.41) is 9.08. The van der Waals surface area contributed by atoms with Gasteiger partial charge in [-0.15, -0.1) is 0 Å². The van der Waals surface area contributed by atoms with Crippen molar-refractivity contribution in [1.82, 2.24) is 4.31 Å². The van der Waals surface area contributed by atoms with E-state index in [1.54, 1.807) is 0 Å². The summed E-state index contributed by atoms with van der Waals surface area (Å²) in [5.74, 6) is -4.91. The van der Waals surface area contributed by atoms with Gasteiger partial charge in [-0.2, -0.15) is 12.7 Å². The van der Waals surface area contributed by atoms with Gasteiger partial charge in [-0.25, -0.2) is 13.2 Å². The van der Waals surface area contributed by atoms with Crippen LogP contribution in [0.1, 0.15) is 12.8 Å². The number of benzene rings is 1. The van der Waals surface area contributed by atoms with Crippen molar-refractivity contribution in [2.45, 2.75) is 12.8 Å². The lowest BCUT2D eigenvalue weighted by molar-refractivity contribution is 0.166. The van der Waals surface area contributed by atoms with Gasteiger partial charge < -0.3 is 5.11 Å². The molecule has 9 heteroatoms. The summed E-state index contributed by atoms with van der Waals surface area (Å²) in [4.78, 5) is 0. The third-order valence-corrected chi connectivity index (χ3v) is 4.84. The average Bonchev–Trinajstić information content (AvgIpc) is 2.48. The Hall–Kier alpha value is -1.32. The highest BCUT2D eigenvalue weighted by Gasteiger charge is 2.29. The molecule has 0 bridgehead atoms. The van der Waals surface area contributed by atoms with Crippen molar-refractivity contribution in [2.75, 3.05) is 24.4 Å². The third kappa shape index (κ3) is 3.47. The van der Waals surface area contributed by atoms with Crippen LogP contribution in [0.5, 0.6) is 0 Å². The number of aliphatic hydroxyl groups excluding tert-OH is 1.